The maximum atomic E-state index is 9.64. The third kappa shape index (κ3) is 2.21. The molecule has 0 atom stereocenters. The van der Waals surface area contributed by atoms with Crippen LogP contribution in [0.25, 0.3) is 0 Å². The van der Waals surface area contributed by atoms with Gasteiger partial charge in [0.05, 0.1) is 16.2 Å². The number of halogens is 1. The largest absolute Gasteiger partial charge is 0.386 e. The van der Waals surface area contributed by atoms with Crippen molar-refractivity contribution < 1.29 is 5.11 Å². The van der Waals surface area contributed by atoms with Crippen LogP contribution in [0.2, 0.25) is 5.02 Å². The lowest BCUT2D eigenvalue weighted by Gasteiger charge is -2.17. The van der Waals surface area contributed by atoms with Crippen molar-refractivity contribution in [3.63, 3.8) is 0 Å². The minimum atomic E-state index is -0.919. The van der Waals surface area contributed by atoms with Crippen LogP contribution in [0.15, 0.2) is 18.2 Å². The molecule has 1 N–H and O–H groups in total. The van der Waals surface area contributed by atoms with E-state index in [1.165, 1.54) is 0 Å². The lowest BCUT2D eigenvalue weighted by atomic mass is 9.97. The summed E-state index contributed by atoms with van der Waals surface area (Å²) < 4.78 is 0. The molecule has 1 aromatic carbocycles. The van der Waals surface area contributed by atoms with Gasteiger partial charge in [0.25, 0.3) is 0 Å². The summed E-state index contributed by atoms with van der Waals surface area (Å²) in [6.07, 6.45) is 0. The molecule has 68 valence electrons. The van der Waals surface area contributed by atoms with Gasteiger partial charge in [-0.3, -0.25) is 0 Å². The highest BCUT2D eigenvalue weighted by Gasteiger charge is 2.16. The molecular weight excluding hydrogens is 186 g/mol. The Hall–Kier alpha value is -1.04. The van der Waals surface area contributed by atoms with Crippen molar-refractivity contribution in [2.45, 2.75) is 19.4 Å². The van der Waals surface area contributed by atoms with Gasteiger partial charge < -0.3 is 5.11 Å². The molecule has 13 heavy (non-hydrogen) atoms. The second kappa shape index (κ2) is 3.37. The summed E-state index contributed by atoms with van der Waals surface area (Å²) in [6, 6.07) is 6.88. The van der Waals surface area contributed by atoms with Gasteiger partial charge in [-0.05, 0) is 31.5 Å². The van der Waals surface area contributed by atoms with E-state index in [2.05, 4.69) is 0 Å². The third-order valence-corrected chi connectivity index (χ3v) is 2.11. The molecule has 0 bridgehead atoms. The van der Waals surface area contributed by atoms with E-state index >= 15 is 0 Å². The first-order chi connectivity index (χ1) is 5.95. The molecule has 1 aromatic rings. The zero-order valence-corrected chi connectivity index (χ0v) is 8.26. The Morgan fingerprint density at radius 3 is 2.46 bits per heavy atom. The fourth-order valence-corrected chi connectivity index (χ4v) is 1.21. The molecule has 0 saturated carbocycles. The predicted molar refractivity (Wildman–Crippen MR) is 51.4 cm³/mol. The standard InChI is InChI=1S/C10H10ClNO/c1-10(2,13)8-4-3-7(6-12)9(11)5-8/h3-5,13H,1-2H3. The number of hydrogen-bond acceptors (Lipinski definition) is 2. The molecule has 0 radical (unpaired) electrons. The van der Waals surface area contributed by atoms with E-state index in [-0.39, 0.29) is 0 Å². The molecular formula is C10H10ClNO. The van der Waals surface area contributed by atoms with Gasteiger partial charge in [-0.2, -0.15) is 5.26 Å². The summed E-state index contributed by atoms with van der Waals surface area (Å²) >= 11 is 5.80. The van der Waals surface area contributed by atoms with Crippen LogP contribution in [0, 0.1) is 11.3 Å². The lowest BCUT2D eigenvalue weighted by Crippen LogP contribution is -2.15. The number of benzene rings is 1. The Morgan fingerprint density at radius 1 is 1.46 bits per heavy atom. The van der Waals surface area contributed by atoms with Crippen LogP contribution in [0.4, 0.5) is 0 Å². The topological polar surface area (TPSA) is 44.0 Å². The molecule has 0 aliphatic heterocycles. The van der Waals surface area contributed by atoms with Crippen LogP contribution < -0.4 is 0 Å². The van der Waals surface area contributed by atoms with Gasteiger partial charge in [-0.25, -0.2) is 0 Å². The predicted octanol–water partition coefficient (Wildman–Crippen LogP) is 2.44. The molecule has 0 spiro atoms. The maximum Gasteiger partial charge on any atom is 0.101 e. The molecule has 0 unspecified atom stereocenters. The minimum absolute atomic E-state index is 0.377. The van der Waals surface area contributed by atoms with Crippen molar-refractivity contribution in [3.8, 4) is 6.07 Å². The van der Waals surface area contributed by atoms with E-state index < -0.39 is 5.60 Å². The Labute approximate surface area is 82.4 Å². The van der Waals surface area contributed by atoms with Crippen LogP contribution in [-0.4, -0.2) is 5.11 Å². The Bertz CT molecular complexity index is 360. The quantitative estimate of drug-likeness (QED) is 0.748. The van der Waals surface area contributed by atoms with Crippen LogP contribution >= 0.6 is 11.6 Å². The van der Waals surface area contributed by atoms with Crippen molar-refractivity contribution in [1.29, 1.82) is 5.26 Å². The van der Waals surface area contributed by atoms with Gasteiger partial charge in [-0.15, -0.1) is 0 Å². The smallest absolute Gasteiger partial charge is 0.101 e. The summed E-state index contributed by atoms with van der Waals surface area (Å²) in [5.41, 5.74) is 0.212. The summed E-state index contributed by atoms with van der Waals surface area (Å²) in [4.78, 5) is 0. The lowest BCUT2D eigenvalue weighted by molar-refractivity contribution is 0.0786. The van der Waals surface area contributed by atoms with Gasteiger partial charge in [-0.1, -0.05) is 17.7 Å². The molecule has 2 nitrogen and oxygen atoms in total. The van der Waals surface area contributed by atoms with Gasteiger partial charge >= 0.3 is 0 Å². The molecule has 3 heteroatoms. The molecule has 1 rings (SSSR count). The van der Waals surface area contributed by atoms with E-state index in [0.717, 1.165) is 0 Å². The van der Waals surface area contributed by atoms with Crippen molar-refractivity contribution in [2.75, 3.05) is 0 Å². The van der Waals surface area contributed by atoms with Crippen LogP contribution in [0.3, 0.4) is 0 Å². The highest BCUT2D eigenvalue weighted by molar-refractivity contribution is 6.31. The Balaban J connectivity index is 3.20. The fraction of sp³-hybridized carbons (Fsp3) is 0.300. The highest BCUT2D eigenvalue weighted by Crippen LogP contribution is 2.24. The first-order valence-electron chi connectivity index (χ1n) is 3.87. The Morgan fingerprint density at radius 2 is 2.08 bits per heavy atom. The molecule has 0 aromatic heterocycles. The summed E-state index contributed by atoms with van der Waals surface area (Å²) in [7, 11) is 0. The van der Waals surface area contributed by atoms with Crippen molar-refractivity contribution in [3.05, 3.63) is 34.3 Å². The third-order valence-electron chi connectivity index (χ3n) is 1.80. The van der Waals surface area contributed by atoms with E-state index in [1.54, 1.807) is 32.0 Å². The highest BCUT2D eigenvalue weighted by atomic mass is 35.5. The van der Waals surface area contributed by atoms with Crippen molar-refractivity contribution in [2.24, 2.45) is 0 Å². The maximum absolute atomic E-state index is 9.64. The zero-order valence-electron chi connectivity index (χ0n) is 7.50. The summed E-state index contributed by atoms with van der Waals surface area (Å²) in [5.74, 6) is 0. The van der Waals surface area contributed by atoms with Gasteiger partial charge in [0.2, 0.25) is 0 Å². The molecule has 0 aliphatic carbocycles. The van der Waals surface area contributed by atoms with E-state index in [0.29, 0.717) is 16.1 Å². The first kappa shape index (κ1) is 10.0. The average Bonchev–Trinajstić information content (AvgIpc) is 2.02. The first-order valence-corrected chi connectivity index (χ1v) is 4.25. The molecule has 0 saturated heterocycles. The van der Waals surface area contributed by atoms with Crippen LogP contribution in [0.1, 0.15) is 25.0 Å². The average molecular weight is 196 g/mol. The summed E-state index contributed by atoms with van der Waals surface area (Å²) in [5, 5.41) is 18.6. The van der Waals surface area contributed by atoms with Crippen LogP contribution in [0.5, 0.6) is 0 Å². The number of nitrogens with zero attached hydrogens (tertiary/aromatic N) is 1. The second-order valence-electron chi connectivity index (χ2n) is 3.37. The van der Waals surface area contributed by atoms with Crippen molar-refractivity contribution in [1.82, 2.24) is 0 Å². The minimum Gasteiger partial charge on any atom is -0.386 e. The number of rotatable bonds is 1. The number of hydrogen-bond donors (Lipinski definition) is 1. The number of aliphatic hydroxyl groups is 1. The number of nitriles is 1. The van der Waals surface area contributed by atoms with E-state index in [4.69, 9.17) is 16.9 Å². The van der Waals surface area contributed by atoms with E-state index in [9.17, 15) is 5.11 Å². The van der Waals surface area contributed by atoms with Crippen LogP contribution in [-0.2, 0) is 5.60 Å². The van der Waals surface area contributed by atoms with Gasteiger partial charge in [0.1, 0.15) is 6.07 Å². The molecule has 0 fully saturated rings. The van der Waals surface area contributed by atoms with Gasteiger partial charge in [0, 0.05) is 0 Å². The van der Waals surface area contributed by atoms with E-state index in [1.807, 2.05) is 6.07 Å². The molecule has 0 heterocycles. The second-order valence-corrected chi connectivity index (χ2v) is 3.77. The normalized spacial score (nSPS) is 11.0. The Kier molecular flexibility index (Phi) is 2.60. The zero-order chi connectivity index (χ0) is 10.1. The summed E-state index contributed by atoms with van der Waals surface area (Å²) in [6.45, 7) is 3.34. The molecule has 0 amide bonds. The monoisotopic (exact) mass is 195 g/mol. The van der Waals surface area contributed by atoms with Crippen molar-refractivity contribution >= 4 is 11.6 Å². The SMILES string of the molecule is CC(C)(O)c1ccc(C#N)c(Cl)c1. The fourth-order valence-electron chi connectivity index (χ4n) is 0.986. The van der Waals surface area contributed by atoms with Gasteiger partial charge in [0.15, 0.2) is 0 Å². The molecule has 0 aliphatic rings.